The lowest BCUT2D eigenvalue weighted by atomic mass is 9.96. The first-order chi connectivity index (χ1) is 15.5. The van der Waals surface area contributed by atoms with Crippen molar-refractivity contribution in [1.29, 1.82) is 0 Å². The fourth-order valence-corrected chi connectivity index (χ4v) is 3.98. The van der Waals surface area contributed by atoms with Gasteiger partial charge in [0.25, 0.3) is 5.91 Å². The van der Waals surface area contributed by atoms with Crippen molar-refractivity contribution in [2.24, 2.45) is 5.92 Å². The highest BCUT2D eigenvalue weighted by Crippen LogP contribution is 2.24. The number of carbonyl (C=O) groups excluding carboxylic acids is 2. The third-order valence-electron chi connectivity index (χ3n) is 5.68. The van der Waals surface area contributed by atoms with Crippen molar-refractivity contribution < 1.29 is 18.5 Å². The molecule has 1 fully saturated rings. The number of hydrogen-bond acceptors (Lipinski definition) is 4. The molecule has 3 aromatic rings. The van der Waals surface area contributed by atoms with Gasteiger partial charge in [-0.1, -0.05) is 54.5 Å². The summed E-state index contributed by atoms with van der Waals surface area (Å²) in [5, 5.41) is 6.81. The molecule has 0 radical (unpaired) electrons. The predicted octanol–water partition coefficient (Wildman–Crippen LogP) is 3.86. The Bertz CT molecular complexity index is 1090. The predicted molar refractivity (Wildman–Crippen MR) is 118 cm³/mol. The quantitative estimate of drug-likeness (QED) is 0.638. The molecule has 0 bridgehead atoms. The number of aryl methyl sites for hydroxylation is 1. The number of amides is 2. The number of hydrogen-bond donors (Lipinski definition) is 1. The molecular weight excluding hydrogens is 409 g/mol. The molecule has 1 aliphatic heterocycles. The summed E-state index contributed by atoms with van der Waals surface area (Å²) in [6.07, 6.45) is 2.11. The molecule has 2 amide bonds. The normalized spacial score (nSPS) is 16.5. The molecule has 2 aromatic carbocycles. The van der Waals surface area contributed by atoms with E-state index in [-0.39, 0.29) is 29.2 Å². The Balaban J connectivity index is 1.46. The maximum atomic E-state index is 14.0. The zero-order valence-corrected chi connectivity index (χ0v) is 18.0. The van der Waals surface area contributed by atoms with Gasteiger partial charge in [-0.2, -0.15) is 0 Å². The van der Waals surface area contributed by atoms with Crippen molar-refractivity contribution in [1.82, 2.24) is 15.4 Å². The Morgan fingerprint density at radius 1 is 1.22 bits per heavy atom. The number of rotatable bonds is 6. The highest BCUT2D eigenvalue weighted by Gasteiger charge is 2.29. The van der Waals surface area contributed by atoms with Crippen LogP contribution in [0.15, 0.2) is 59.1 Å². The lowest BCUT2D eigenvalue weighted by Crippen LogP contribution is -2.37. The SMILES string of the molecule is CCCc1cc(C(=O)N2CCNC(=O)C(Cc3ccc(-c4ccccc4F)cc3)C2)no1. The molecule has 1 unspecified atom stereocenters. The minimum atomic E-state index is -0.386. The van der Waals surface area contributed by atoms with Gasteiger partial charge >= 0.3 is 0 Å². The van der Waals surface area contributed by atoms with Crippen LogP contribution < -0.4 is 5.32 Å². The number of nitrogens with zero attached hydrogens (tertiary/aromatic N) is 2. The van der Waals surface area contributed by atoms with Gasteiger partial charge in [0.05, 0.1) is 5.92 Å². The minimum Gasteiger partial charge on any atom is -0.361 e. The van der Waals surface area contributed by atoms with Crippen LogP contribution >= 0.6 is 0 Å². The molecular formula is C25H26FN3O3. The molecule has 4 rings (SSSR count). The van der Waals surface area contributed by atoms with E-state index in [9.17, 15) is 14.0 Å². The fourth-order valence-electron chi connectivity index (χ4n) is 3.98. The minimum absolute atomic E-state index is 0.0784. The van der Waals surface area contributed by atoms with Gasteiger partial charge in [0.15, 0.2) is 5.69 Å². The first kappa shape index (κ1) is 21.7. The number of aromatic nitrogens is 1. The van der Waals surface area contributed by atoms with Crippen LogP contribution in [0.25, 0.3) is 11.1 Å². The Morgan fingerprint density at radius 3 is 2.75 bits per heavy atom. The molecule has 0 saturated carbocycles. The summed E-state index contributed by atoms with van der Waals surface area (Å²) < 4.78 is 19.3. The zero-order valence-electron chi connectivity index (χ0n) is 18.0. The van der Waals surface area contributed by atoms with E-state index in [0.717, 1.165) is 24.0 Å². The highest BCUT2D eigenvalue weighted by molar-refractivity contribution is 5.93. The summed E-state index contributed by atoms with van der Waals surface area (Å²) in [7, 11) is 0. The lowest BCUT2D eigenvalue weighted by molar-refractivity contribution is -0.124. The van der Waals surface area contributed by atoms with E-state index < -0.39 is 0 Å². The van der Waals surface area contributed by atoms with Crippen molar-refractivity contribution in [3.63, 3.8) is 0 Å². The monoisotopic (exact) mass is 435 g/mol. The number of benzene rings is 2. The summed E-state index contributed by atoms with van der Waals surface area (Å²) in [5.74, 6) is -0.278. The molecule has 1 aromatic heterocycles. The van der Waals surface area contributed by atoms with Gasteiger partial charge in [0.1, 0.15) is 11.6 Å². The summed E-state index contributed by atoms with van der Waals surface area (Å²) in [5.41, 5.74) is 2.54. The summed E-state index contributed by atoms with van der Waals surface area (Å²) in [4.78, 5) is 27.2. The third kappa shape index (κ3) is 4.88. The van der Waals surface area contributed by atoms with Crippen LogP contribution in [0.1, 0.15) is 35.2 Å². The van der Waals surface area contributed by atoms with Gasteiger partial charge in [0.2, 0.25) is 5.91 Å². The van der Waals surface area contributed by atoms with Gasteiger partial charge in [-0.05, 0) is 30.0 Å². The van der Waals surface area contributed by atoms with Crippen molar-refractivity contribution in [3.05, 3.63) is 77.4 Å². The third-order valence-corrected chi connectivity index (χ3v) is 5.68. The van der Waals surface area contributed by atoms with E-state index in [1.807, 2.05) is 31.2 Å². The average molecular weight is 435 g/mol. The van der Waals surface area contributed by atoms with E-state index in [2.05, 4.69) is 10.5 Å². The van der Waals surface area contributed by atoms with Gasteiger partial charge in [-0.3, -0.25) is 9.59 Å². The van der Waals surface area contributed by atoms with Gasteiger partial charge < -0.3 is 14.7 Å². The van der Waals surface area contributed by atoms with Crippen molar-refractivity contribution in [2.45, 2.75) is 26.2 Å². The van der Waals surface area contributed by atoms with E-state index in [4.69, 9.17) is 4.52 Å². The lowest BCUT2D eigenvalue weighted by Gasteiger charge is -2.22. The second-order valence-corrected chi connectivity index (χ2v) is 8.05. The van der Waals surface area contributed by atoms with E-state index in [1.165, 1.54) is 6.07 Å². The molecule has 1 N–H and O–H groups in total. The first-order valence-electron chi connectivity index (χ1n) is 10.9. The number of nitrogens with one attached hydrogen (secondary N) is 1. The molecule has 166 valence electrons. The van der Waals surface area contributed by atoms with Crippen molar-refractivity contribution in [2.75, 3.05) is 19.6 Å². The van der Waals surface area contributed by atoms with E-state index in [0.29, 0.717) is 37.4 Å². The zero-order chi connectivity index (χ0) is 22.5. The van der Waals surface area contributed by atoms with Crippen LogP contribution in [0.3, 0.4) is 0 Å². The Kier molecular flexibility index (Phi) is 6.63. The summed E-state index contributed by atoms with van der Waals surface area (Å²) in [6, 6.07) is 15.8. The molecule has 6 nitrogen and oxygen atoms in total. The smallest absolute Gasteiger partial charge is 0.276 e. The van der Waals surface area contributed by atoms with Crippen LogP contribution in [0.5, 0.6) is 0 Å². The second kappa shape index (κ2) is 9.77. The van der Waals surface area contributed by atoms with E-state index >= 15 is 0 Å². The molecule has 1 aliphatic rings. The molecule has 0 spiro atoms. The van der Waals surface area contributed by atoms with Crippen LogP contribution in [0.2, 0.25) is 0 Å². The van der Waals surface area contributed by atoms with E-state index in [1.54, 1.807) is 29.2 Å². The Labute approximate surface area is 186 Å². The maximum Gasteiger partial charge on any atom is 0.276 e. The van der Waals surface area contributed by atoms with Crippen molar-refractivity contribution in [3.8, 4) is 11.1 Å². The molecule has 1 atom stereocenters. The van der Waals surface area contributed by atoms with Crippen LogP contribution in [0.4, 0.5) is 4.39 Å². The maximum absolute atomic E-state index is 14.0. The van der Waals surface area contributed by atoms with Gasteiger partial charge in [0, 0.05) is 37.7 Å². The standard InChI is InChI=1S/C25H26FN3O3/c1-2-5-20-15-23(28-32-20)25(31)29-13-12-27-24(30)19(16-29)14-17-8-10-18(11-9-17)21-6-3-4-7-22(21)26/h3-4,6-11,15,19H,2,5,12-14,16H2,1H3,(H,27,30). The molecule has 0 aliphatic carbocycles. The molecule has 32 heavy (non-hydrogen) atoms. The van der Waals surface area contributed by atoms with Crippen molar-refractivity contribution >= 4 is 11.8 Å². The van der Waals surface area contributed by atoms with Gasteiger partial charge in [-0.15, -0.1) is 0 Å². The molecule has 2 heterocycles. The number of carbonyl (C=O) groups is 2. The van der Waals surface area contributed by atoms with Crippen LogP contribution in [-0.2, 0) is 17.6 Å². The highest BCUT2D eigenvalue weighted by atomic mass is 19.1. The summed E-state index contributed by atoms with van der Waals surface area (Å²) in [6.45, 7) is 3.15. The average Bonchev–Trinajstić information content (AvgIpc) is 3.19. The fraction of sp³-hybridized carbons (Fsp3) is 0.320. The topological polar surface area (TPSA) is 75.4 Å². The van der Waals surface area contributed by atoms with Gasteiger partial charge in [-0.25, -0.2) is 4.39 Å². The molecule has 1 saturated heterocycles. The first-order valence-corrected chi connectivity index (χ1v) is 10.9. The molecule has 7 heteroatoms. The second-order valence-electron chi connectivity index (χ2n) is 8.05. The van der Waals surface area contributed by atoms with Crippen LogP contribution in [0, 0.1) is 11.7 Å². The number of halogens is 1. The largest absolute Gasteiger partial charge is 0.361 e. The Hall–Kier alpha value is -3.48. The summed E-state index contributed by atoms with van der Waals surface area (Å²) >= 11 is 0. The van der Waals surface area contributed by atoms with Crippen LogP contribution in [-0.4, -0.2) is 41.5 Å². The Morgan fingerprint density at radius 2 is 2.00 bits per heavy atom.